The quantitative estimate of drug-likeness (QED) is 0.622. The average molecular weight is 384 g/mol. The van der Waals surface area contributed by atoms with E-state index in [2.05, 4.69) is 14.6 Å². The largest absolute Gasteiger partial charge is 0.468 e. The first-order valence-electron chi connectivity index (χ1n) is 8.59. The van der Waals surface area contributed by atoms with Crippen LogP contribution in [0.3, 0.4) is 0 Å². The summed E-state index contributed by atoms with van der Waals surface area (Å²) in [5.74, 6) is 0.498. The van der Waals surface area contributed by atoms with E-state index in [0.717, 1.165) is 32.0 Å². The van der Waals surface area contributed by atoms with Gasteiger partial charge in [-0.05, 0) is 12.1 Å². The van der Waals surface area contributed by atoms with Crippen LogP contribution in [0.1, 0.15) is 0 Å². The highest BCUT2D eigenvalue weighted by Gasteiger charge is 2.27. The SMILES string of the molecule is COC(=O)CN1CCN(c2ccc(S(=O)(=O)N3CCOCC3)cn2)CC1. The third kappa shape index (κ3) is 4.32. The standard InChI is InChI=1S/C16H24N4O5S/c1-24-16(21)13-18-4-6-19(7-5-18)15-3-2-14(12-17-15)26(22,23)20-8-10-25-11-9-20/h2-3,12H,4-11,13H2,1H3. The van der Waals surface area contributed by atoms with Gasteiger partial charge in [0, 0.05) is 45.5 Å². The number of hydrogen-bond donors (Lipinski definition) is 0. The van der Waals surface area contributed by atoms with Gasteiger partial charge in [0.05, 0.1) is 26.9 Å². The van der Waals surface area contributed by atoms with Crippen molar-refractivity contribution in [3.05, 3.63) is 18.3 Å². The van der Waals surface area contributed by atoms with Crippen molar-refractivity contribution in [2.45, 2.75) is 4.90 Å². The number of sulfonamides is 1. The Bertz CT molecular complexity index is 711. The molecule has 2 saturated heterocycles. The lowest BCUT2D eigenvalue weighted by molar-refractivity contribution is -0.142. The van der Waals surface area contributed by atoms with E-state index < -0.39 is 10.0 Å². The summed E-state index contributed by atoms with van der Waals surface area (Å²) in [7, 11) is -2.14. The number of carbonyl (C=O) groups excluding carboxylic acids is 1. The Balaban J connectivity index is 1.60. The number of carbonyl (C=O) groups is 1. The van der Waals surface area contributed by atoms with Crippen LogP contribution in [-0.4, -0.2) is 94.7 Å². The van der Waals surface area contributed by atoms with Crippen molar-refractivity contribution in [2.75, 3.05) is 71.0 Å². The maximum absolute atomic E-state index is 12.6. The molecule has 3 rings (SSSR count). The lowest BCUT2D eigenvalue weighted by Gasteiger charge is -2.34. The molecule has 0 aliphatic carbocycles. The summed E-state index contributed by atoms with van der Waals surface area (Å²) in [5.41, 5.74) is 0. The summed E-state index contributed by atoms with van der Waals surface area (Å²) in [6.45, 7) is 4.75. The van der Waals surface area contributed by atoms with Crippen LogP contribution >= 0.6 is 0 Å². The molecule has 0 atom stereocenters. The minimum Gasteiger partial charge on any atom is -0.468 e. The third-order valence-electron chi connectivity index (χ3n) is 4.61. The monoisotopic (exact) mass is 384 g/mol. The molecular formula is C16H24N4O5S. The van der Waals surface area contributed by atoms with Crippen LogP contribution in [0.5, 0.6) is 0 Å². The van der Waals surface area contributed by atoms with Crippen molar-refractivity contribution < 1.29 is 22.7 Å². The smallest absolute Gasteiger partial charge is 0.319 e. The minimum absolute atomic E-state index is 0.201. The maximum Gasteiger partial charge on any atom is 0.319 e. The number of morpholine rings is 1. The molecule has 144 valence electrons. The van der Waals surface area contributed by atoms with Crippen LogP contribution < -0.4 is 4.90 Å². The van der Waals surface area contributed by atoms with E-state index in [9.17, 15) is 13.2 Å². The van der Waals surface area contributed by atoms with Crippen LogP contribution in [0, 0.1) is 0 Å². The lowest BCUT2D eigenvalue weighted by Crippen LogP contribution is -2.48. The zero-order valence-electron chi connectivity index (χ0n) is 14.8. The van der Waals surface area contributed by atoms with Crippen molar-refractivity contribution in [3.63, 3.8) is 0 Å². The molecule has 9 nitrogen and oxygen atoms in total. The van der Waals surface area contributed by atoms with Crippen molar-refractivity contribution in [3.8, 4) is 0 Å². The molecule has 0 aromatic carbocycles. The van der Waals surface area contributed by atoms with E-state index in [1.807, 2.05) is 4.90 Å². The molecule has 1 aromatic heterocycles. The van der Waals surface area contributed by atoms with E-state index in [1.54, 1.807) is 12.1 Å². The summed E-state index contributed by atoms with van der Waals surface area (Å²) in [5, 5.41) is 0. The third-order valence-corrected chi connectivity index (χ3v) is 6.49. The van der Waals surface area contributed by atoms with Gasteiger partial charge in [-0.15, -0.1) is 0 Å². The van der Waals surface area contributed by atoms with Crippen molar-refractivity contribution in [1.82, 2.24) is 14.2 Å². The Morgan fingerprint density at radius 2 is 1.85 bits per heavy atom. The summed E-state index contributed by atoms with van der Waals surface area (Å²) >= 11 is 0. The number of nitrogens with zero attached hydrogens (tertiary/aromatic N) is 4. The summed E-state index contributed by atoms with van der Waals surface area (Å²) in [4.78, 5) is 20.0. The van der Waals surface area contributed by atoms with Gasteiger partial charge < -0.3 is 14.4 Å². The molecule has 2 aliphatic rings. The average Bonchev–Trinajstić information content (AvgIpc) is 2.69. The Labute approximate surface area is 153 Å². The first-order valence-corrected chi connectivity index (χ1v) is 10.0. The Hall–Kier alpha value is -1.75. The molecule has 0 unspecified atom stereocenters. The zero-order valence-corrected chi connectivity index (χ0v) is 15.7. The molecule has 0 radical (unpaired) electrons. The van der Waals surface area contributed by atoms with Gasteiger partial charge in [-0.3, -0.25) is 9.69 Å². The Morgan fingerprint density at radius 1 is 1.15 bits per heavy atom. The number of esters is 1. The van der Waals surface area contributed by atoms with Crippen LogP contribution in [-0.2, 0) is 24.3 Å². The minimum atomic E-state index is -3.52. The Kier molecular flexibility index (Phi) is 6.07. The summed E-state index contributed by atoms with van der Waals surface area (Å²) in [6.07, 6.45) is 1.42. The first-order chi connectivity index (χ1) is 12.5. The van der Waals surface area contributed by atoms with Gasteiger partial charge in [0.25, 0.3) is 0 Å². The highest BCUT2D eigenvalue weighted by molar-refractivity contribution is 7.89. The molecule has 1 aromatic rings. The van der Waals surface area contributed by atoms with Gasteiger partial charge in [0.2, 0.25) is 10.0 Å². The van der Waals surface area contributed by atoms with Gasteiger partial charge in [0.1, 0.15) is 10.7 Å². The van der Waals surface area contributed by atoms with Crippen LogP contribution in [0.4, 0.5) is 5.82 Å². The highest BCUT2D eigenvalue weighted by atomic mass is 32.2. The van der Waals surface area contributed by atoms with E-state index >= 15 is 0 Å². The molecule has 0 spiro atoms. The number of piperazine rings is 1. The van der Waals surface area contributed by atoms with Gasteiger partial charge in [-0.1, -0.05) is 0 Å². The van der Waals surface area contributed by atoms with Crippen LogP contribution in [0.15, 0.2) is 23.2 Å². The maximum atomic E-state index is 12.6. The number of pyridine rings is 1. The molecule has 2 aliphatic heterocycles. The normalized spacial score (nSPS) is 20.1. The molecule has 0 bridgehead atoms. The number of rotatable bonds is 5. The van der Waals surface area contributed by atoms with Crippen molar-refractivity contribution in [2.24, 2.45) is 0 Å². The zero-order chi connectivity index (χ0) is 18.6. The number of ether oxygens (including phenoxy) is 2. The van der Waals surface area contributed by atoms with E-state index in [4.69, 9.17) is 4.74 Å². The number of aromatic nitrogens is 1. The van der Waals surface area contributed by atoms with Gasteiger partial charge in [-0.2, -0.15) is 4.31 Å². The predicted molar refractivity (Wildman–Crippen MR) is 94.5 cm³/mol. The molecule has 0 saturated carbocycles. The first kappa shape index (κ1) is 19.0. The van der Waals surface area contributed by atoms with Crippen LogP contribution in [0.25, 0.3) is 0 Å². The fourth-order valence-electron chi connectivity index (χ4n) is 3.03. The van der Waals surface area contributed by atoms with Crippen molar-refractivity contribution in [1.29, 1.82) is 0 Å². The number of anilines is 1. The fraction of sp³-hybridized carbons (Fsp3) is 0.625. The van der Waals surface area contributed by atoms with E-state index in [-0.39, 0.29) is 17.4 Å². The van der Waals surface area contributed by atoms with E-state index in [0.29, 0.717) is 26.3 Å². The summed E-state index contributed by atoms with van der Waals surface area (Å²) < 4.78 is 36.6. The predicted octanol–water partition coefficient (Wildman–Crippen LogP) is -0.602. The van der Waals surface area contributed by atoms with Gasteiger partial charge in [-0.25, -0.2) is 13.4 Å². The lowest BCUT2D eigenvalue weighted by atomic mass is 10.3. The summed E-state index contributed by atoms with van der Waals surface area (Å²) in [6, 6.07) is 3.34. The fourth-order valence-corrected chi connectivity index (χ4v) is 4.38. The second kappa shape index (κ2) is 8.30. The number of hydrogen-bond acceptors (Lipinski definition) is 8. The second-order valence-corrected chi connectivity index (χ2v) is 8.15. The topological polar surface area (TPSA) is 92.3 Å². The molecular weight excluding hydrogens is 360 g/mol. The van der Waals surface area contributed by atoms with Crippen molar-refractivity contribution >= 4 is 21.8 Å². The molecule has 0 N–H and O–H groups in total. The Morgan fingerprint density at radius 3 is 2.42 bits per heavy atom. The van der Waals surface area contributed by atoms with Crippen LogP contribution in [0.2, 0.25) is 0 Å². The molecule has 0 amide bonds. The highest BCUT2D eigenvalue weighted by Crippen LogP contribution is 2.20. The van der Waals surface area contributed by atoms with E-state index in [1.165, 1.54) is 17.6 Å². The molecule has 3 heterocycles. The molecule has 2 fully saturated rings. The number of methoxy groups -OCH3 is 1. The molecule has 26 heavy (non-hydrogen) atoms. The van der Waals surface area contributed by atoms with Gasteiger partial charge in [0.15, 0.2) is 0 Å². The van der Waals surface area contributed by atoms with Gasteiger partial charge >= 0.3 is 5.97 Å². The second-order valence-electron chi connectivity index (χ2n) is 6.21. The molecule has 10 heteroatoms.